The number of aliphatic carboxylic acids is 1. The molecule has 0 unspecified atom stereocenters. The first kappa shape index (κ1) is 21.9. The summed E-state index contributed by atoms with van der Waals surface area (Å²) in [5.74, 6) is -3.02. The van der Waals surface area contributed by atoms with E-state index in [2.05, 4.69) is 16.0 Å². The number of amides is 3. The van der Waals surface area contributed by atoms with Crippen LogP contribution >= 0.6 is 0 Å². The molecule has 0 spiro atoms. The van der Waals surface area contributed by atoms with Gasteiger partial charge in [-0.3, -0.25) is 14.4 Å². The summed E-state index contributed by atoms with van der Waals surface area (Å²) in [5.41, 5.74) is 0.447. The maximum Gasteiger partial charge on any atom is 0.326 e. The topological polar surface area (TPSA) is 125 Å². The molecule has 0 saturated heterocycles. The van der Waals surface area contributed by atoms with Crippen LogP contribution in [0, 0.1) is 5.92 Å². The third-order valence-corrected chi connectivity index (χ3v) is 4.45. The number of rotatable bonds is 8. The average molecular weight is 399 g/mol. The molecule has 0 aromatic heterocycles. The highest BCUT2D eigenvalue weighted by Gasteiger charge is 2.26. The highest BCUT2D eigenvalue weighted by Crippen LogP contribution is 2.18. The van der Waals surface area contributed by atoms with Crippen LogP contribution in [0.15, 0.2) is 42.5 Å². The lowest BCUT2D eigenvalue weighted by atomic mass is 10.0. The van der Waals surface area contributed by atoms with E-state index in [4.69, 9.17) is 5.11 Å². The Morgan fingerprint density at radius 1 is 0.931 bits per heavy atom. The third-order valence-electron chi connectivity index (χ3n) is 4.45. The molecular formula is C21H25N3O5. The van der Waals surface area contributed by atoms with Crippen molar-refractivity contribution in [3.8, 4) is 0 Å². The van der Waals surface area contributed by atoms with Gasteiger partial charge in [0.1, 0.15) is 12.1 Å². The number of fused-ring (bicyclic) bond motifs is 1. The van der Waals surface area contributed by atoms with Crippen LogP contribution in [0.5, 0.6) is 0 Å². The van der Waals surface area contributed by atoms with Gasteiger partial charge in [0.25, 0.3) is 5.91 Å². The molecule has 0 heterocycles. The molecule has 2 aromatic rings. The first-order valence-corrected chi connectivity index (χ1v) is 9.29. The second-order valence-corrected chi connectivity index (χ2v) is 7.07. The minimum Gasteiger partial charge on any atom is -0.480 e. The summed E-state index contributed by atoms with van der Waals surface area (Å²) in [6.45, 7) is 4.47. The summed E-state index contributed by atoms with van der Waals surface area (Å²) in [6, 6.07) is 10.7. The Labute approximate surface area is 168 Å². The van der Waals surface area contributed by atoms with Crippen molar-refractivity contribution in [1.29, 1.82) is 0 Å². The smallest absolute Gasteiger partial charge is 0.326 e. The van der Waals surface area contributed by atoms with E-state index in [0.717, 1.165) is 10.8 Å². The minimum absolute atomic E-state index is 0.306. The van der Waals surface area contributed by atoms with Gasteiger partial charge in [-0.1, -0.05) is 50.2 Å². The number of hydrogen-bond donors (Lipinski definition) is 4. The molecule has 0 aliphatic rings. The van der Waals surface area contributed by atoms with Crippen LogP contribution in [0.3, 0.4) is 0 Å². The number of carboxylic acids is 1. The van der Waals surface area contributed by atoms with Gasteiger partial charge in [-0.2, -0.15) is 0 Å². The summed E-state index contributed by atoms with van der Waals surface area (Å²) in [5, 5.41) is 18.2. The monoisotopic (exact) mass is 399 g/mol. The molecule has 0 bridgehead atoms. The number of nitrogens with one attached hydrogen (secondary N) is 3. The second-order valence-electron chi connectivity index (χ2n) is 7.07. The van der Waals surface area contributed by atoms with Crippen molar-refractivity contribution in [1.82, 2.24) is 16.0 Å². The lowest BCUT2D eigenvalue weighted by molar-refractivity contribution is -0.143. The van der Waals surface area contributed by atoms with Crippen LogP contribution < -0.4 is 16.0 Å². The van der Waals surface area contributed by atoms with Gasteiger partial charge in [0.2, 0.25) is 11.8 Å². The highest BCUT2D eigenvalue weighted by atomic mass is 16.4. The average Bonchev–Trinajstić information content (AvgIpc) is 2.68. The maximum absolute atomic E-state index is 12.4. The van der Waals surface area contributed by atoms with Crippen molar-refractivity contribution >= 4 is 34.5 Å². The van der Waals surface area contributed by atoms with Gasteiger partial charge >= 0.3 is 5.97 Å². The fraction of sp³-hybridized carbons (Fsp3) is 0.333. The van der Waals surface area contributed by atoms with Crippen molar-refractivity contribution < 1.29 is 24.3 Å². The summed E-state index contributed by atoms with van der Waals surface area (Å²) >= 11 is 0. The van der Waals surface area contributed by atoms with Gasteiger partial charge in [-0.15, -0.1) is 0 Å². The fourth-order valence-corrected chi connectivity index (χ4v) is 2.83. The number of carbonyl (C=O) groups is 4. The predicted octanol–water partition coefficient (Wildman–Crippen LogP) is 1.30. The molecule has 2 aromatic carbocycles. The van der Waals surface area contributed by atoms with Crippen LogP contribution in [0.1, 0.15) is 31.1 Å². The van der Waals surface area contributed by atoms with Crippen molar-refractivity contribution in [3.63, 3.8) is 0 Å². The number of benzene rings is 2. The lowest BCUT2D eigenvalue weighted by Gasteiger charge is -2.21. The standard InChI is InChI=1S/C21H25N3O5/c1-12(2)18(21(28)29)24-19(26)13(3)23-17(25)11-22-20(27)16-10-6-8-14-7-4-5-9-15(14)16/h4-10,12-13,18H,11H2,1-3H3,(H,22,27)(H,23,25)(H,24,26)(H,28,29)/t13-,18-/m0/s1. The zero-order valence-corrected chi connectivity index (χ0v) is 16.6. The van der Waals surface area contributed by atoms with E-state index >= 15 is 0 Å². The SMILES string of the molecule is CC(C)[C@H](NC(=O)[C@H](C)NC(=O)CNC(=O)c1cccc2ccccc12)C(=O)O. The van der Waals surface area contributed by atoms with Crippen molar-refractivity contribution in [2.75, 3.05) is 6.54 Å². The first-order valence-electron chi connectivity index (χ1n) is 9.29. The molecule has 29 heavy (non-hydrogen) atoms. The molecule has 8 nitrogen and oxygen atoms in total. The van der Waals surface area contributed by atoms with Crippen molar-refractivity contribution in [3.05, 3.63) is 48.0 Å². The Hall–Kier alpha value is -3.42. The molecule has 154 valence electrons. The Morgan fingerprint density at radius 2 is 1.59 bits per heavy atom. The van der Waals surface area contributed by atoms with E-state index < -0.39 is 35.8 Å². The fourth-order valence-electron chi connectivity index (χ4n) is 2.83. The number of hydrogen-bond acceptors (Lipinski definition) is 4. The first-order chi connectivity index (χ1) is 13.7. The van der Waals surface area contributed by atoms with Gasteiger partial charge < -0.3 is 21.1 Å². The Balaban J connectivity index is 1.91. The van der Waals surface area contributed by atoms with Crippen molar-refractivity contribution in [2.24, 2.45) is 5.92 Å². The molecule has 2 rings (SSSR count). The van der Waals surface area contributed by atoms with E-state index in [1.807, 2.05) is 30.3 Å². The quantitative estimate of drug-likeness (QED) is 0.533. The molecule has 0 aliphatic carbocycles. The highest BCUT2D eigenvalue weighted by molar-refractivity contribution is 6.07. The van der Waals surface area contributed by atoms with Crippen LogP contribution in [0.25, 0.3) is 10.8 Å². The third kappa shape index (κ3) is 5.78. The summed E-state index contributed by atoms with van der Waals surface area (Å²) in [6.07, 6.45) is 0. The Morgan fingerprint density at radius 3 is 2.24 bits per heavy atom. The molecular weight excluding hydrogens is 374 g/mol. The Bertz CT molecular complexity index is 920. The summed E-state index contributed by atoms with van der Waals surface area (Å²) in [7, 11) is 0. The maximum atomic E-state index is 12.4. The molecule has 3 amide bonds. The van der Waals surface area contributed by atoms with E-state index in [1.165, 1.54) is 6.92 Å². The molecule has 0 fully saturated rings. The minimum atomic E-state index is -1.14. The van der Waals surface area contributed by atoms with Gasteiger partial charge in [-0.25, -0.2) is 4.79 Å². The lowest BCUT2D eigenvalue weighted by Crippen LogP contribution is -2.53. The van der Waals surface area contributed by atoms with E-state index in [-0.39, 0.29) is 12.5 Å². The van der Waals surface area contributed by atoms with Crippen LogP contribution in [-0.4, -0.2) is 47.4 Å². The summed E-state index contributed by atoms with van der Waals surface area (Å²) in [4.78, 5) is 47.8. The molecule has 0 radical (unpaired) electrons. The molecule has 0 saturated carbocycles. The zero-order chi connectivity index (χ0) is 21.6. The largest absolute Gasteiger partial charge is 0.480 e. The molecule has 2 atom stereocenters. The van der Waals surface area contributed by atoms with E-state index in [1.54, 1.807) is 26.0 Å². The van der Waals surface area contributed by atoms with Crippen LogP contribution in [0.4, 0.5) is 0 Å². The number of carboxylic acid groups (broad SMARTS) is 1. The zero-order valence-electron chi connectivity index (χ0n) is 16.6. The second kappa shape index (κ2) is 9.68. The van der Waals surface area contributed by atoms with Crippen LogP contribution in [0.2, 0.25) is 0 Å². The molecule has 8 heteroatoms. The Kier molecular flexibility index (Phi) is 7.30. The van der Waals surface area contributed by atoms with Gasteiger partial charge in [0, 0.05) is 5.56 Å². The van der Waals surface area contributed by atoms with Crippen LogP contribution in [-0.2, 0) is 14.4 Å². The van der Waals surface area contributed by atoms with Gasteiger partial charge in [-0.05, 0) is 29.7 Å². The van der Waals surface area contributed by atoms with Gasteiger partial charge in [0.15, 0.2) is 0 Å². The van der Waals surface area contributed by atoms with Gasteiger partial charge in [0.05, 0.1) is 6.54 Å². The molecule has 0 aliphatic heterocycles. The summed E-state index contributed by atoms with van der Waals surface area (Å²) < 4.78 is 0. The normalized spacial score (nSPS) is 12.8. The van der Waals surface area contributed by atoms with E-state index in [9.17, 15) is 19.2 Å². The predicted molar refractivity (Wildman–Crippen MR) is 108 cm³/mol. The number of carbonyl (C=O) groups excluding carboxylic acids is 3. The van der Waals surface area contributed by atoms with Crippen molar-refractivity contribution in [2.45, 2.75) is 32.9 Å². The van der Waals surface area contributed by atoms with E-state index in [0.29, 0.717) is 5.56 Å². The molecule has 4 N–H and O–H groups in total.